The number of rotatable bonds is 10. The number of anilines is 1. The molecule has 238 valence electrons. The molecule has 1 unspecified atom stereocenters. The van der Waals surface area contributed by atoms with Crippen molar-refractivity contribution in [2.24, 2.45) is 11.8 Å². The number of nitrogens with one attached hydrogen (secondary N) is 1. The normalized spacial score (nSPS) is 24.5. The highest BCUT2D eigenvalue weighted by molar-refractivity contribution is 7.90. The molecule has 1 amide bonds. The van der Waals surface area contributed by atoms with Gasteiger partial charge in [-0.25, -0.2) is 13.1 Å². The summed E-state index contributed by atoms with van der Waals surface area (Å²) < 4.78 is 41.5. The first-order valence-corrected chi connectivity index (χ1v) is 17.1. The highest BCUT2D eigenvalue weighted by atomic mass is 35.5. The summed E-state index contributed by atoms with van der Waals surface area (Å²) in [5, 5.41) is 11.3. The number of ether oxygens (including phenoxy) is 2. The van der Waals surface area contributed by atoms with Crippen LogP contribution >= 0.6 is 11.6 Å². The van der Waals surface area contributed by atoms with Gasteiger partial charge in [0.2, 0.25) is 0 Å². The number of aryl methyl sites for hydroxylation is 1. The number of fused-ring (bicyclic) bond motifs is 3. The van der Waals surface area contributed by atoms with Gasteiger partial charge in [0.05, 0.1) is 29.4 Å². The van der Waals surface area contributed by atoms with Gasteiger partial charge in [0, 0.05) is 23.5 Å². The number of aliphatic hydroxyl groups is 1. The highest BCUT2D eigenvalue weighted by Gasteiger charge is 2.44. The van der Waals surface area contributed by atoms with Crippen LogP contribution in [-0.4, -0.2) is 56.9 Å². The van der Waals surface area contributed by atoms with Crippen molar-refractivity contribution in [3.05, 3.63) is 77.9 Å². The van der Waals surface area contributed by atoms with Crippen molar-refractivity contribution in [2.75, 3.05) is 24.6 Å². The monoisotopic (exact) mass is 642 g/mol. The van der Waals surface area contributed by atoms with Crippen LogP contribution in [0.1, 0.15) is 57.6 Å². The molecule has 0 aromatic heterocycles. The molecular weight excluding hydrogens is 600 g/mol. The SMILES string of the molecule is C=CC(C)OC(C)(C)C(=O)NS(=O)(=O)c1ccc2c(c1)N(C[C@@H]1CC[C@H]1[C@@H](O)C=C)C[C@@]1(CCCc3cc(Cl)ccc31)CO2. The highest BCUT2D eigenvalue weighted by Crippen LogP contribution is 2.47. The Labute approximate surface area is 266 Å². The van der Waals surface area contributed by atoms with E-state index < -0.39 is 33.7 Å². The molecule has 0 bridgehead atoms. The topological polar surface area (TPSA) is 105 Å². The molecule has 5 atom stereocenters. The molecule has 1 fully saturated rings. The Morgan fingerprint density at radius 2 is 2.02 bits per heavy atom. The molecule has 0 saturated heterocycles. The molecule has 44 heavy (non-hydrogen) atoms. The number of sulfonamides is 1. The summed E-state index contributed by atoms with van der Waals surface area (Å²) >= 11 is 6.38. The summed E-state index contributed by atoms with van der Waals surface area (Å²) in [5.41, 5.74) is 1.33. The zero-order valence-electron chi connectivity index (χ0n) is 25.7. The fourth-order valence-electron chi connectivity index (χ4n) is 6.86. The number of carbonyl (C=O) groups excluding carboxylic acids is 1. The van der Waals surface area contributed by atoms with Gasteiger partial charge in [-0.1, -0.05) is 29.8 Å². The molecule has 0 radical (unpaired) electrons. The maximum Gasteiger partial charge on any atom is 0.265 e. The van der Waals surface area contributed by atoms with Gasteiger partial charge >= 0.3 is 0 Å². The number of amides is 1. The van der Waals surface area contributed by atoms with E-state index in [0.29, 0.717) is 36.2 Å². The molecule has 2 aliphatic carbocycles. The van der Waals surface area contributed by atoms with Gasteiger partial charge in [-0.05, 0) is 106 Å². The minimum Gasteiger partial charge on any atom is -0.490 e. The summed E-state index contributed by atoms with van der Waals surface area (Å²) in [6, 6.07) is 10.8. The Hall–Kier alpha value is -2.85. The summed E-state index contributed by atoms with van der Waals surface area (Å²) in [6.45, 7) is 13.9. The van der Waals surface area contributed by atoms with Crippen molar-refractivity contribution >= 4 is 33.2 Å². The lowest BCUT2D eigenvalue weighted by Gasteiger charge is -2.45. The maximum atomic E-state index is 13.6. The van der Waals surface area contributed by atoms with Crippen LogP contribution in [0.15, 0.2) is 66.6 Å². The van der Waals surface area contributed by atoms with Crippen LogP contribution in [-0.2, 0) is 31.4 Å². The lowest BCUT2D eigenvalue weighted by molar-refractivity contribution is -0.143. The van der Waals surface area contributed by atoms with E-state index in [1.54, 1.807) is 25.1 Å². The molecule has 8 nitrogen and oxygen atoms in total. The van der Waals surface area contributed by atoms with Gasteiger partial charge in [0.15, 0.2) is 0 Å². The van der Waals surface area contributed by atoms with Gasteiger partial charge in [-0.2, -0.15) is 0 Å². The third-order valence-electron chi connectivity index (χ3n) is 9.52. The first kappa shape index (κ1) is 32.5. The Bertz CT molecular complexity index is 1540. The Morgan fingerprint density at radius 3 is 2.70 bits per heavy atom. The third-order valence-corrected chi connectivity index (χ3v) is 11.1. The average Bonchev–Trinajstić information content (AvgIpc) is 3.11. The quantitative estimate of drug-likeness (QED) is 0.327. The second-order valence-corrected chi connectivity index (χ2v) is 15.1. The minimum atomic E-state index is -4.24. The molecule has 2 aromatic rings. The van der Waals surface area contributed by atoms with Crippen molar-refractivity contribution < 1.29 is 27.8 Å². The van der Waals surface area contributed by atoms with E-state index in [1.165, 1.54) is 37.1 Å². The Kier molecular flexibility index (Phi) is 9.25. The number of aliphatic hydroxyl groups excluding tert-OH is 1. The van der Waals surface area contributed by atoms with Crippen molar-refractivity contribution in [2.45, 2.75) is 81.0 Å². The number of hydrogen-bond acceptors (Lipinski definition) is 7. The number of halogens is 1. The fourth-order valence-corrected chi connectivity index (χ4v) is 8.18. The van der Waals surface area contributed by atoms with E-state index in [4.69, 9.17) is 21.1 Å². The summed E-state index contributed by atoms with van der Waals surface area (Å²) in [4.78, 5) is 15.2. The van der Waals surface area contributed by atoms with E-state index in [0.717, 1.165) is 32.1 Å². The van der Waals surface area contributed by atoms with E-state index in [9.17, 15) is 18.3 Å². The molecule has 1 spiro atoms. The van der Waals surface area contributed by atoms with Crippen LogP contribution in [0, 0.1) is 11.8 Å². The second kappa shape index (κ2) is 12.5. The van der Waals surface area contributed by atoms with E-state index in [2.05, 4.69) is 28.8 Å². The maximum absolute atomic E-state index is 13.6. The standard InChI is InChI=1S/C34H43ClN2O6S/c1-6-22(3)43-33(4,5)32(39)36-44(40,41)26-12-15-31-29(18-26)37(19-24-10-13-27(24)30(38)7-2)20-34(21-42-31)16-8-9-23-17-25(35)11-14-28(23)34/h6-7,11-12,14-15,17-18,22,24,27,30,38H,1-2,8-10,13,16,19-21H2,3-5H3,(H,36,39)/t22?,24-,27+,30-,34-/m0/s1. The lowest BCUT2D eigenvalue weighted by Crippen LogP contribution is -2.49. The minimum absolute atomic E-state index is 0.0474. The lowest BCUT2D eigenvalue weighted by atomic mass is 9.68. The second-order valence-electron chi connectivity index (χ2n) is 13.0. The molecule has 1 saturated carbocycles. The zero-order valence-corrected chi connectivity index (χ0v) is 27.3. The van der Waals surface area contributed by atoms with Gasteiger partial charge in [-0.15, -0.1) is 13.2 Å². The van der Waals surface area contributed by atoms with Crippen molar-refractivity contribution in [3.63, 3.8) is 0 Å². The number of nitrogens with zero attached hydrogens (tertiary/aromatic N) is 1. The number of carbonyl (C=O) groups is 1. The largest absolute Gasteiger partial charge is 0.490 e. The predicted octanol–water partition coefficient (Wildman–Crippen LogP) is 5.56. The summed E-state index contributed by atoms with van der Waals surface area (Å²) in [7, 11) is -4.24. The first-order chi connectivity index (χ1) is 20.8. The van der Waals surface area contributed by atoms with Crippen LogP contribution in [0.5, 0.6) is 5.75 Å². The molecule has 2 aromatic carbocycles. The smallest absolute Gasteiger partial charge is 0.265 e. The van der Waals surface area contributed by atoms with Gasteiger partial charge in [0.25, 0.3) is 15.9 Å². The van der Waals surface area contributed by atoms with Gasteiger partial charge < -0.3 is 19.5 Å². The van der Waals surface area contributed by atoms with Crippen molar-refractivity contribution in [3.8, 4) is 5.75 Å². The van der Waals surface area contributed by atoms with Crippen LogP contribution in [0.2, 0.25) is 5.02 Å². The average molecular weight is 643 g/mol. The van der Waals surface area contributed by atoms with Gasteiger partial charge in [0.1, 0.15) is 11.4 Å². The molecule has 1 heterocycles. The van der Waals surface area contributed by atoms with Gasteiger partial charge in [-0.3, -0.25) is 4.79 Å². The molecule has 5 rings (SSSR count). The van der Waals surface area contributed by atoms with Crippen LogP contribution < -0.4 is 14.4 Å². The van der Waals surface area contributed by atoms with E-state index in [1.807, 2.05) is 12.1 Å². The number of hydrogen-bond donors (Lipinski definition) is 2. The molecule has 2 N–H and O–H groups in total. The van der Waals surface area contributed by atoms with Crippen molar-refractivity contribution in [1.82, 2.24) is 4.72 Å². The zero-order chi connectivity index (χ0) is 31.9. The predicted molar refractivity (Wildman–Crippen MR) is 173 cm³/mol. The summed E-state index contributed by atoms with van der Waals surface area (Å²) in [6.07, 6.45) is 6.78. The number of benzene rings is 2. The van der Waals surface area contributed by atoms with Crippen LogP contribution in [0.3, 0.4) is 0 Å². The first-order valence-electron chi connectivity index (χ1n) is 15.3. The molecular formula is C34H43ClN2O6S. The van der Waals surface area contributed by atoms with Crippen molar-refractivity contribution in [1.29, 1.82) is 0 Å². The third kappa shape index (κ3) is 6.43. The fraction of sp³-hybridized carbons (Fsp3) is 0.500. The molecule has 1 aliphatic heterocycles. The molecule has 3 aliphatic rings. The molecule has 10 heteroatoms. The summed E-state index contributed by atoms with van der Waals surface area (Å²) in [5.74, 6) is 0.0854. The van der Waals surface area contributed by atoms with Crippen LogP contribution in [0.4, 0.5) is 5.69 Å². The Balaban J connectivity index is 1.50. The van der Waals surface area contributed by atoms with E-state index >= 15 is 0 Å². The van der Waals surface area contributed by atoms with E-state index in [-0.39, 0.29) is 22.1 Å². The Morgan fingerprint density at radius 1 is 1.25 bits per heavy atom. The van der Waals surface area contributed by atoms with Crippen LogP contribution in [0.25, 0.3) is 0 Å².